The van der Waals surface area contributed by atoms with Crippen LogP contribution >= 0.6 is 11.6 Å². The van der Waals surface area contributed by atoms with Crippen molar-refractivity contribution in [2.75, 3.05) is 32.8 Å². The first kappa shape index (κ1) is 20.0. The molecule has 2 fully saturated rings. The van der Waals surface area contributed by atoms with Gasteiger partial charge in [-0.15, -0.1) is 0 Å². The van der Waals surface area contributed by atoms with E-state index in [0.717, 1.165) is 55.6 Å². The highest BCUT2D eigenvalue weighted by atomic mass is 35.5. The molecule has 27 heavy (non-hydrogen) atoms. The SMILES string of the molecule is CCNC(=NCC1(c2ccccc2Cl)CCOCC1)NC1CCC(=O)NC1. The van der Waals surface area contributed by atoms with E-state index in [1.807, 2.05) is 18.2 Å². The van der Waals surface area contributed by atoms with Crippen LogP contribution in [0.5, 0.6) is 0 Å². The summed E-state index contributed by atoms with van der Waals surface area (Å²) in [4.78, 5) is 16.3. The van der Waals surface area contributed by atoms with Gasteiger partial charge in [0.25, 0.3) is 0 Å². The minimum Gasteiger partial charge on any atom is -0.381 e. The summed E-state index contributed by atoms with van der Waals surface area (Å²) in [5.74, 6) is 0.909. The molecule has 148 valence electrons. The third-order valence-corrected chi connectivity index (χ3v) is 5.72. The van der Waals surface area contributed by atoms with Gasteiger partial charge >= 0.3 is 0 Å². The number of ether oxygens (including phenoxy) is 1. The topological polar surface area (TPSA) is 74.8 Å². The maximum Gasteiger partial charge on any atom is 0.220 e. The lowest BCUT2D eigenvalue weighted by Gasteiger charge is -2.37. The molecule has 0 radical (unpaired) electrons. The zero-order valence-corrected chi connectivity index (χ0v) is 16.6. The van der Waals surface area contributed by atoms with Crippen LogP contribution in [-0.4, -0.2) is 50.8 Å². The minimum absolute atomic E-state index is 0.111. The number of nitrogens with one attached hydrogen (secondary N) is 3. The number of benzene rings is 1. The molecular weight excluding hydrogens is 364 g/mol. The molecule has 2 heterocycles. The largest absolute Gasteiger partial charge is 0.381 e. The second-order valence-electron chi connectivity index (χ2n) is 7.25. The molecule has 2 aliphatic rings. The predicted octanol–water partition coefficient (Wildman–Crippen LogP) is 2.22. The molecule has 1 unspecified atom stereocenters. The van der Waals surface area contributed by atoms with Gasteiger partial charge in [-0.3, -0.25) is 9.79 Å². The van der Waals surface area contributed by atoms with Crippen LogP contribution in [0.15, 0.2) is 29.3 Å². The molecule has 1 amide bonds. The molecular formula is C20H29ClN4O2. The van der Waals surface area contributed by atoms with Crippen LogP contribution in [0.1, 0.15) is 38.2 Å². The van der Waals surface area contributed by atoms with Crippen LogP contribution in [0, 0.1) is 0 Å². The highest BCUT2D eigenvalue weighted by molar-refractivity contribution is 6.31. The Bertz CT molecular complexity index is 664. The Morgan fingerprint density at radius 2 is 2.15 bits per heavy atom. The zero-order valence-electron chi connectivity index (χ0n) is 15.9. The Kier molecular flexibility index (Phi) is 6.96. The zero-order chi connectivity index (χ0) is 19.1. The molecule has 0 spiro atoms. The number of hydrogen-bond acceptors (Lipinski definition) is 3. The molecule has 1 aromatic carbocycles. The van der Waals surface area contributed by atoms with Crippen LogP contribution < -0.4 is 16.0 Å². The lowest BCUT2D eigenvalue weighted by molar-refractivity contribution is -0.122. The molecule has 2 aliphatic heterocycles. The summed E-state index contributed by atoms with van der Waals surface area (Å²) in [6.45, 7) is 5.56. The maximum atomic E-state index is 11.4. The van der Waals surface area contributed by atoms with Gasteiger partial charge in [0, 0.05) is 49.2 Å². The van der Waals surface area contributed by atoms with Crippen molar-refractivity contribution in [3.63, 3.8) is 0 Å². The molecule has 0 saturated carbocycles. The van der Waals surface area contributed by atoms with Crippen molar-refractivity contribution >= 4 is 23.5 Å². The fourth-order valence-electron chi connectivity index (χ4n) is 3.77. The summed E-state index contributed by atoms with van der Waals surface area (Å²) < 4.78 is 5.61. The second-order valence-corrected chi connectivity index (χ2v) is 7.66. The summed E-state index contributed by atoms with van der Waals surface area (Å²) in [6.07, 6.45) is 3.18. The predicted molar refractivity (Wildman–Crippen MR) is 108 cm³/mol. The summed E-state index contributed by atoms with van der Waals surface area (Å²) in [7, 11) is 0. The van der Waals surface area contributed by atoms with Gasteiger partial charge in [-0.25, -0.2) is 0 Å². The first-order valence-corrected chi connectivity index (χ1v) is 10.1. The van der Waals surface area contributed by atoms with Crippen LogP contribution in [0.4, 0.5) is 0 Å². The monoisotopic (exact) mass is 392 g/mol. The summed E-state index contributed by atoms with van der Waals surface area (Å²) in [5.41, 5.74) is 1.04. The van der Waals surface area contributed by atoms with Gasteiger partial charge in [0.05, 0.1) is 6.54 Å². The van der Waals surface area contributed by atoms with Crippen molar-refractivity contribution in [2.45, 2.75) is 44.1 Å². The molecule has 1 atom stereocenters. The molecule has 0 bridgehead atoms. The van der Waals surface area contributed by atoms with Gasteiger partial charge in [0.15, 0.2) is 5.96 Å². The standard InChI is InChI=1S/C20H29ClN4O2/c1-2-22-19(25-15-7-8-18(26)23-13-15)24-14-20(9-11-27-12-10-20)16-5-3-4-6-17(16)21/h3-6,15H,2,7-14H2,1H3,(H,23,26)(H2,22,24,25). The number of carbonyl (C=O) groups is 1. The number of hydrogen-bond donors (Lipinski definition) is 3. The number of nitrogens with zero attached hydrogens (tertiary/aromatic N) is 1. The van der Waals surface area contributed by atoms with E-state index in [0.29, 0.717) is 19.5 Å². The second kappa shape index (κ2) is 9.42. The molecule has 2 saturated heterocycles. The Labute approximate surface area is 166 Å². The molecule has 3 rings (SSSR count). The fourth-order valence-corrected chi connectivity index (χ4v) is 4.10. The lowest BCUT2D eigenvalue weighted by Crippen LogP contribution is -2.51. The van der Waals surface area contributed by atoms with Crippen molar-refractivity contribution < 1.29 is 9.53 Å². The fraction of sp³-hybridized carbons (Fsp3) is 0.600. The Balaban J connectivity index is 1.76. The van der Waals surface area contributed by atoms with E-state index >= 15 is 0 Å². The Hall–Kier alpha value is -1.79. The highest BCUT2D eigenvalue weighted by Gasteiger charge is 2.36. The quantitative estimate of drug-likeness (QED) is 0.530. The smallest absolute Gasteiger partial charge is 0.220 e. The molecule has 6 nitrogen and oxygen atoms in total. The summed E-state index contributed by atoms with van der Waals surface area (Å²) in [5, 5.41) is 10.5. The van der Waals surface area contributed by atoms with E-state index in [9.17, 15) is 4.79 Å². The summed E-state index contributed by atoms with van der Waals surface area (Å²) in [6, 6.07) is 8.26. The van der Waals surface area contributed by atoms with E-state index in [-0.39, 0.29) is 17.4 Å². The van der Waals surface area contributed by atoms with Gasteiger partial charge < -0.3 is 20.7 Å². The minimum atomic E-state index is -0.111. The van der Waals surface area contributed by atoms with E-state index in [1.54, 1.807) is 0 Å². The lowest BCUT2D eigenvalue weighted by atomic mass is 9.74. The van der Waals surface area contributed by atoms with Crippen molar-refractivity contribution in [1.29, 1.82) is 0 Å². The molecule has 0 aromatic heterocycles. The number of guanidine groups is 1. The molecule has 1 aromatic rings. The third kappa shape index (κ3) is 5.14. The average molecular weight is 393 g/mol. The first-order chi connectivity index (χ1) is 13.1. The van der Waals surface area contributed by atoms with E-state index in [1.165, 1.54) is 0 Å². The van der Waals surface area contributed by atoms with Crippen LogP contribution in [-0.2, 0) is 14.9 Å². The van der Waals surface area contributed by atoms with E-state index < -0.39 is 0 Å². The Morgan fingerprint density at radius 3 is 2.81 bits per heavy atom. The number of amides is 1. The number of rotatable bonds is 5. The molecule has 3 N–H and O–H groups in total. The number of piperidine rings is 1. The van der Waals surface area contributed by atoms with Gasteiger partial charge in [-0.05, 0) is 37.8 Å². The third-order valence-electron chi connectivity index (χ3n) is 5.39. The number of aliphatic imine (C=N–C) groups is 1. The number of halogens is 1. The Morgan fingerprint density at radius 1 is 1.37 bits per heavy atom. The van der Waals surface area contributed by atoms with Gasteiger partial charge in [-0.1, -0.05) is 29.8 Å². The van der Waals surface area contributed by atoms with E-state index in [4.69, 9.17) is 21.3 Å². The highest BCUT2D eigenvalue weighted by Crippen LogP contribution is 2.38. The van der Waals surface area contributed by atoms with Crippen molar-refractivity contribution in [3.05, 3.63) is 34.9 Å². The maximum absolute atomic E-state index is 11.4. The van der Waals surface area contributed by atoms with Crippen LogP contribution in [0.3, 0.4) is 0 Å². The first-order valence-electron chi connectivity index (χ1n) is 9.77. The van der Waals surface area contributed by atoms with Gasteiger partial charge in [0.2, 0.25) is 5.91 Å². The molecule has 7 heteroatoms. The van der Waals surface area contributed by atoms with Crippen molar-refractivity contribution in [2.24, 2.45) is 4.99 Å². The van der Waals surface area contributed by atoms with E-state index in [2.05, 4.69) is 28.9 Å². The van der Waals surface area contributed by atoms with Crippen LogP contribution in [0.25, 0.3) is 0 Å². The van der Waals surface area contributed by atoms with Gasteiger partial charge in [-0.2, -0.15) is 0 Å². The summed E-state index contributed by atoms with van der Waals surface area (Å²) >= 11 is 6.53. The van der Waals surface area contributed by atoms with Crippen LogP contribution in [0.2, 0.25) is 5.02 Å². The normalized spacial score (nSPS) is 22.8. The van der Waals surface area contributed by atoms with Crippen molar-refractivity contribution in [3.8, 4) is 0 Å². The molecule has 0 aliphatic carbocycles. The van der Waals surface area contributed by atoms with Gasteiger partial charge in [0.1, 0.15) is 0 Å². The van der Waals surface area contributed by atoms with Crippen molar-refractivity contribution in [1.82, 2.24) is 16.0 Å². The number of carbonyl (C=O) groups excluding carboxylic acids is 1. The average Bonchev–Trinajstić information content (AvgIpc) is 2.69.